The molecule has 0 unspecified atom stereocenters. The van der Waals surface area contributed by atoms with E-state index in [2.05, 4.69) is 22.1 Å². The molecular weight excluding hydrogens is 438 g/mol. The molecule has 0 saturated heterocycles. The number of allylic oxidation sites excluding steroid dienone is 1. The SMILES string of the molecule is C=CCn1c(SCC(=O)Nc2cc(S(N)(=O)=O)cc(C)c2C)nnc1-c1ccoc1C. The lowest BCUT2D eigenvalue weighted by atomic mass is 10.1. The molecule has 0 bridgehead atoms. The maximum atomic E-state index is 12.6. The molecule has 31 heavy (non-hydrogen) atoms. The van der Waals surface area contributed by atoms with Gasteiger partial charge in [0.25, 0.3) is 0 Å². The van der Waals surface area contributed by atoms with Crippen LogP contribution in [-0.2, 0) is 21.4 Å². The van der Waals surface area contributed by atoms with Gasteiger partial charge >= 0.3 is 0 Å². The summed E-state index contributed by atoms with van der Waals surface area (Å²) in [6.07, 6.45) is 3.30. The van der Waals surface area contributed by atoms with Gasteiger partial charge in [-0.15, -0.1) is 16.8 Å². The standard InChI is InChI=1S/C20H23N5O4S2/c1-5-7-25-19(16-6-8-29-14(16)4)23-24-20(25)30-11-18(26)22-17-10-15(31(21,27)28)9-12(2)13(17)3/h5-6,8-10H,1,7,11H2,2-4H3,(H,22,26)(H2,21,27,28). The molecule has 3 N–H and O–H groups in total. The molecule has 0 aliphatic carbocycles. The summed E-state index contributed by atoms with van der Waals surface area (Å²) in [6.45, 7) is 9.62. The molecule has 1 aromatic carbocycles. The molecular formula is C20H23N5O4S2. The summed E-state index contributed by atoms with van der Waals surface area (Å²) in [5, 5.41) is 17.0. The highest BCUT2D eigenvalue weighted by molar-refractivity contribution is 7.99. The highest BCUT2D eigenvalue weighted by Gasteiger charge is 2.19. The summed E-state index contributed by atoms with van der Waals surface area (Å²) in [6, 6.07) is 4.65. The fourth-order valence-electron chi connectivity index (χ4n) is 2.94. The largest absolute Gasteiger partial charge is 0.469 e. The van der Waals surface area contributed by atoms with E-state index in [1.165, 1.54) is 23.9 Å². The van der Waals surface area contributed by atoms with Gasteiger partial charge in [0.2, 0.25) is 15.9 Å². The lowest BCUT2D eigenvalue weighted by Gasteiger charge is -2.13. The lowest BCUT2D eigenvalue weighted by molar-refractivity contribution is -0.113. The first kappa shape index (κ1) is 22.8. The number of benzene rings is 1. The average Bonchev–Trinajstić information content (AvgIpc) is 3.28. The number of amides is 1. The Morgan fingerprint density at radius 1 is 1.32 bits per heavy atom. The Hall–Kier alpha value is -2.89. The Morgan fingerprint density at radius 2 is 2.06 bits per heavy atom. The van der Waals surface area contributed by atoms with Gasteiger partial charge in [0.05, 0.1) is 22.5 Å². The second-order valence-corrected chi connectivity index (χ2v) is 9.39. The van der Waals surface area contributed by atoms with Crippen molar-refractivity contribution in [3.05, 3.63) is 54.0 Å². The van der Waals surface area contributed by atoms with E-state index in [4.69, 9.17) is 9.56 Å². The number of hydrogen-bond donors (Lipinski definition) is 2. The monoisotopic (exact) mass is 461 g/mol. The average molecular weight is 462 g/mol. The number of rotatable bonds is 8. The van der Waals surface area contributed by atoms with Crippen molar-refractivity contribution in [3.8, 4) is 11.4 Å². The van der Waals surface area contributed by atoms with Gasteiger partial charge in [0.15, 0.2) is 11.0 Å². The third kappa shape index (κ3) is 5.06. The second-order valence-electron chi connectivity index (χ2n) is 6.89. The van der Waals surface area contributed by atoms with Gasteiger partial charge in [-0.05, 0) is 50.1 Å². The summed E-state index contributed by atoms with van der Waals surface area (Å²) in [5.74, 6) is 1.08. The molecule has 3 aromatic rings. The van der Waals surface area contributed by atoms with Gasteiger partial charge in [-0.2, -0.15) is 0 Å². The van der Waals surface area contributed by atoms with E-state index in [1.54, 1.807) is 26.2 Å². The van der Waals surface area contributed by atoms with Crippen molar-refractivity contribution in [2.24, 2.45) is 5.14 Å². The van der Waals surface area contributed by atoms with Crippen LogP contribution in [0.4, 0.5) is 5.69 Å². The molecule has 9 nitrogen and oxygen atoms in total. The van der Waals surface area contributed by atoms with Crippen LogP contribution in [0, 0.1) is 20.8 Å². The Labute approximate surface area is 184 Å². The molecule has 0 fully saturated rings. The van der Waals surface area contributed by atoms with Gasteiger partial charge in [-0.25, -0.2) is 13.6 Å². The van der Waals surface area contributed by atoms with Crippen LogP contribution in [0.2, 0.25) is 0 Å². The number of nitrogens with one attached hydrogen (secondary N) is 1. The number of aryl methyl sites for hydroxylation is 2. The zero-order valence-electron chi connectivity index (χ0n) is 17.4. The predicted octanol–water partition coefficient (Wildman–Crippen LogP) is 3.03. The van der Waals surface area contributed by atoms with Crippen molar-refractivity contribution in [1.82, 2.24) is 14.8 Å². The van der Waals surface area contributed by atoms with Crippen LogP contribution in [0.5, 0.6) is 0 Å². The van der Waals surface area contributed by atoms with E-state index >= 15 is 0 Å². The highest BCUT2D eigenvalue weighted by atomic mass is 32.2. The third-order valence-electron chi connectivity index (χ3n) is 4.70. The number of carbonyl (C=O) groups is 1. The van der Waals surface area contributed by atoms with E-state index in [9.17, 15) is 13.2 Å². The fourth-order valence-corrected chi connectivity index (χ4v) is 4.31. The molecule has 0 atom stereocenters. The summed E-state index contributed by atoms with van der Waals surface area (Å²) in [7, 11) is -3.89. The molecule has 164 valence electrons. The van der Waals surface area contributed by atoms with Crippen molar-refractivity contribution < 1.29 is 17.6 Å². The molecule has 0 aliphatic rings. The minimum absolute atomic E-state index is 0.0515. The number of thioether (sulfide) groups is 1. The van der Waals surface area contributed by atoms with Crippen LogP contribution in [0.3, 0.4) is 0 Å². The van der Waals surface area contributed by atoms with Gasteiger partial charge in [0, 0.05) is 12.2 Å². The lowest BCUT2D eigenvalue weighted by Crippen LogP contribution is -2.18. The summed E-state index contributed by atoms with van der Waals surface area (Å²) >= 11 is 1.21. The molecule has 0 saturated carbocycles. The first-order chi connectivity index (χ1) is 14.6. The molecule has 3 rings (SSSR count). The van der Waals surface area contributed by atoms with Crippen molar-refractivity contribution in [3.63, 3.8) is 0 Å². The second kappa shape index (κ2) is 9.08. The van der Waals surface area contributed by atoms with Crippen molar-refractivity contribution in [1.29, 1.82) is 0 Å². The van der Waals surface area contributed by atoms with Crippen LogP contribution < -0.4 is 10.5 Å². The smallest absolute Gasteiger partial charge is 0.238 e. The van der Waals surface area contributed by atoms with E-state index in [1.807, 2.05) is 17.6 Å². The normalized spacial score (nSPS) is 11.5. The van der Waals surface area contributed by atoms with Crippen LogP contribution in [0.15, 0.2) is 51.6 Å². The Morgan fingerprint density at radius 3 is 2.68 bits per heavy atom. The molecule has 0 aliphatic heterocycles. The number of furan rings is 1. The molecule has 0 spiro atoms. The number of nitrogens with two attached hydrogens (primary N) is 1. The van der Waals surface area contributed by atoms with Gasteiger partial charge < -0.3 is 9.73 Å². The number of nitrogens with zero attached hydrogens (tertiary/aromatic N) is 3. The summed E-state index contributed by atoms with van der Waals surface area (Å²) in [4.78, 5) is 12.5. The zero-order valence-corrected chi connectivity index (χ0v) is 19.0. The molecule has 2 heterocycles. The van der Waals surface area contributed by atoms with Gasteiger partial charge in [0.1, 0.15) is 5.76 Å². The Kier molecular flexibility index (Phi) is 6.68. The van der Waals surface area contributed by atoms with Crippen LogP contribution in [0.25, 0.3) is 11.4 Å². The quantitative estimate of drug-likeness (QED) is 0.389. The van der Waals surface area contributed by atoms with E-state index in [0.29, 0.717) is 34.5 Å². The number of aromatic nitrogens is 3. The first-order valence-corrected chi connectivity index (χ1v) is 11.8. The molecule has 0 radical (unpaired) electrons. The molecule has 2 aromatic heterocycles. The van der Waals surface area contributed by atoms with Crippen LogP contribution in [-0.4, -0.2) is 34.8 Å². The fraction of sp³-hybridized carbons (Fsp3) is 0.250. The van der Waals surface area contributed by atoms with E-state index in [-0.39, 0.29) is 16.6 Å². The van der Waals surface area contributed by atoms with Crippen molar-refractivity contribution in [2.75, 3.05) is 11.1 Å². The molecule has 1 amide bonds. The third-order valence-corrected chi connectivity index (χ3v) is 6.56. The summed E-state index contributed by atoms with van der Waals surface area (Å²) in [5.41, 5.74) is 2.69. The minimum Gasteiger partial charge on any atom is -0.469 e. The maximum absolute atomic E-state index is 12.6. The summed E-state index contributed by atoms with van der Waals surface area (Å²) < 4.78 is 30.6. The Balaban J connectivity index is 1.78. The number of anilines is 1. The van der Waals surface area contributed by atoms with E-state index in [0.717, 1.165) is 11.1 Å². The maximum Gasteiger partial charge on any atom is 0.238 e. The van der Waals surface area contributed by atoms with Gasteiger partial charge in [-0.1, -0.05) is 17.8 Å². The van der Waals surface area contributed by atoms with Crippen LogP contribution >= 0.6 is 11.8 Å². The first-order valence-electron chi connectivity index (χ1n) is 9.27. The van der Waals surface area contributed by atoms with Gasteiger partial charge in [-0.3, -0.25) is 9.36 Å². The number of hydrogen-bond acceptors (Lipinski definition) is 7. The van der Waals surface area contributed by atoms with Crippen molar-refractivity contribution in [2.45, 2.75) is 37.4 Å². The molecule has 11 heteroatoms. The highest BCUT2D eigenvalue weighted by Crippen LogP contribution is 2.28. The Bertz CT molecular complexity index is 1240. The predicted molar refractivity (Wildman–Crippen MR) is 119 cm³/mol. The zero-order chi connectivity index (χ0) is 22.8. The number of sulfonamides is 1. The number of primary sulfonamides is 1. The van der Waals surface area contributed by atoms with Crippen LogP contribution in [0.1, 0.15) is 16.9 Å². The minimum atomic E-state index is -3.89. The van der Waals surface area contributed by atoms with Crippen molar-refractivity contribution >= 4 is 33.4 Å². The van der Waals surface area contributed by atoms with E-state index < -0.39 is 10.0 Å². The topological polar surface area (TPSA) is 133 Å². The number of carbonyl (C=O) groups excluding carboxylic acids is 1.